The van der Waals surface area contributed by atoms with Gasteiger partial charge in [-0.1, -0.05) is 69.6 Å². The Labute approximate surface area is 633 Å². The van der Waals surface area contributed by atoms with E-state index in [4.69, 9.17) is 89.9 Å². The van der Waals surface area contributed by atoms with Gasteiger partial charge in [-0.3, -0.25) is 38.1 Å². The first-order chi connectivity index (χ1) is 46.8. The minimum absolute atomic E-state index is 0.0262. The summed E-state index contributed by atoms with van der Waals surface area (Å²) in [4.78, 5) is 145. The summed E-state index contributed by atoms with van der Waals surface area (Å²) >= 11 is 50.0. The van der Waals surface area contributed by atoms with Crippen LogP contribution in [0.3, 0.4) is 0 Å². The van der Waals surface area contributed by atoms with E-state index in [1.165, 1.54) is 59.8 Å². The Morgan fingerprint density at radius 1 is 0.646 bits per heavy atom. The fraction of sp³-hybridized carbons (Fsp3) is 0.300. The highest BCUT2D eigenvalue weighted by molar-refractivity contribution is 9.11. The molecule has 1 aliphatic heterocycles. The number of nitrogens with one attached hydrogen (secondary N) is 5. The van der Waals surface area contributed by atoms with Crippen LogP contribution < -0.4 is 43.1 Å². The molecule has 11 rings (SSSR count). The number of halogens is 11. The number of ether oxygens (including phenoxy) is 3. The van der Waals surface area contributed by atoms with Gasteiger partial charge < -0.3 is 56.2 Å². The summed E-state index contributed by atoms with van der Waals surface area (Å²) in [5, 5.41) is 29.4. The second-order valence-electron chi connectivity index (χ2n) is 20.3. The molecule has 28 nitrogen and oxygen atoms in total. The molecule has 0 atom stereocenters. The molecule has 7 aromatic rings. The van der Waals surface area contributed by atoms with Crippen LogP contribution in [0.25, 0.3) is 0 Å². The zero-order chi connectivity index (χ0) is 73.6. The predicted octanol–water partition coefficient (Wildman–Crippen LogP) is 13.1. The number of aromatic nitrogens is 8. The standard InChI is InChI=1S/C19H19ClN6O3.2C8H7BrClNO3.C8H7BrClNO2.C6H4BrClN2O2.C6H3BrClNO2.C5H8O/c20-11-7-12(18(29)26-15(11)17(28)25-19(26)5-1-2-6-19)23-13-8-14(22-9-21-13)24-16(27)10-3-4-10;1-2-14-8(12)7-6(10)3-5(9)4-11(7)13;1-2-14-8(13)6-5(10)3-4(9)7(12)11-6;1-2-13-8(12)7-6(10)3-5(9)4-11-7;7-2-1-3(8)4(5(9)11)10-6(2)12;7-3-1-4(8)5(6(10)11)9-2-3;6-5-3-1-2-4-5/h7-10H,1-6H2,(H,25,28)(H2,21,22,23,24,27);3-4H,2H2,1H3;3H,2H2,1H3,(H,11,12);3-4H,2H2,1H3;1H,(H2,9,11)(H,10,12);1-2H,(H,10,11);1-4H2. The first-order valence-electron chi connectivity index (χ1n) is 28.9. The molecule has 0 unspecified atom stereocenters. The van der Waals surface area contributed by atoms with E-state index < -0.39 is 46.6 Å². The van der Waals surface area contributed by atoms with E-state index >= 15 is 0 Å². The largest absolute Gasteiger partial charge is 0.618 e. The molecule has 528 valence electrons. The van der Waals surface area contributed by atoms with Crippen LogP contribution in [-0.2, 0) is 29.5 Å². The number of carboxylic acids is 1. The molecule has 3 aliphatic carbocycles. The van der Waals surface area contributed by atoms with Crippen molar-refractivity contribution >= 4 is 214 Å². The van der Waals surface area contributed by atoms with Gasteiger partial charge in [0.2, 0.25) is 5.91 Å². The van der Waals surface area contributed by atoms with Crippen molar-refractivity contribution in [2.24, 2.45) is 11.7 Å². The van der Waals surface area contributed by atoms with Gasteiger partial charge in [0.05, 0.1) is 58.4 Å². The van der Waals surface area contributed by atoms with Crippen LogP contribution >= 0.6 is 149 Å². The fourth-order valence-corrected chi connectivity index (χ4v) is 12.6. The van der Waals surface area contributed by atoms with Crippen molar-refractivity contribution in [3.05, 3.63) is 190 Å². The van der Waals surface area contributed by atoms with Crippen molar-refractivity contribution in [2.75, 3.05) is 30.5 Å². The summed E-state index contributed by atoms with van der Waals surface area (Å²) in [5.41, 5.74) is 3.14. The monoisotopic (exact) mass is 1800 g/mol. The van der Waals surface area contributed by atoms with Crippen LogP contribution in [0.15, 0.2) is 104 Å². The van der Waals surface area contributed by atoms with Gasteiger partial charge >= 0.3 is 29.6 Å². The maximum atomic E-state index is 13.2. The van der Waals surface area contributed by atoms with Gasteiger partial charge in [-0.25, -0.2) is 39.1 Å². The number of Topliss-reactive ketones (excluding diaryl/α,β-unsaturated/α-hetero) is 1. The lowest BCUT2D eigenvalue weighted by Crippen LogP contribution is -2.45. The normalized spacial score (nSPS) is 13.3. The van der Waals surface area contributed by atoms with E-state index in [2.05, 4.69) is 130 Å². The number of aromatic amines is 2. The highest BCUT2D eigenvalue weighted by Crippen LogP contribution is 2.40. The third kappa shape index (κ3) is 24.4. The molecular formula is C60H55Br5Cl6N12O16. The molecule has 3 fully saturated rings. The number of carbonyl (C=O) groups is 8. The minimum atomic E-state index is -1.12. The van der Waals surface area contributed by atoms with Gasteiger partial charge in [-0.2, -0.15) is 4.73 Å². The molecule has 0 saturated heterocycles. The molecule has 8 heterocycles. The summed E-state index contributed by atoms with van der Waals surface area (Å²) in [6, 6.07) is 10.2. The summed E-state index contributed by atoms with van der Waals surface area (Å²) in [7, 11) is 0. The van der Waals surface area contributed by atoms with Crippen LogP contribution in [0.5, 0.6) is 0 Å². The number of pyridine rings is 6. The van der Waals surface area contributed by atoms with Crippen molar-refractivity contribution in [3.63, 3.8) is 0 Å². The number of primary amides is 1. The van der Waals surface area contributed by atoms with Crippen molar-refractivity contribution in [1.29, 1.82) is 0 Å². The number of rotatable bonds is 12. The molecule has 3 saturated carbocycles. The molecule has 8 N–H and O–H groups in total. The van der Waals surface area contributed by atoms with Crippen LogP contribution in [0.1, 0.15) is 148 Å². The van der Waals surface area contributed by atoms with Gasteiger partial charge in [-0.05, 0) is 188 Å². The second kappa shape index (κ2) is 39.3. The third-order valence-corrected chi connectivity index (χ3v) is 17.4. The number of hydrogen-bond acceptors (Lipinski definition) is 20. The number of hydrogen-bond donors (Lipinski definition) is 7. The third-order valence-electron chi connectivity index (χ3n) is 13.2. The number of nitrogens with two attached hydrogens (primary N) is 1. The smallest absolute Gasteiger partial charge is 0.406 e. The number of carbonyl (C=O) groups excluding carboxylic acids is 7. The number of aromatic carboxylic acids is 1. The van der Waals surface area contributed by atoms with E-state index in [1.54, 1.807) is 32.9 Å². The average molecular weight is 1810 g/mol. The number of ketones is 1. The molecular weight excluding hydrogens is 1760 g/mol. The molecule has 0 bridgehead atoms. The van der Waals surface area contributed by atoms with Crippen molar-refractivity contribution in [2.45, 2.75) is 90.6 Å². The molecule has 3 amide bonds. The Kier molecular flexibility index (Phi) is 32.9. The summed E-state index contributed by atoms with van der Waals surface area (Å²) in [5.74, 6) is -2.93. The maximum Gasteiger partial charge on any atom is 0.406 e. The Morgan fingerprint density at radius 3 is 1.65 bits per heavy atom. The van der Waals surface area contributed by atoms with Gasteiger partial charge in [0.1, 0.15) is 57.2 Å². The summed E-state index contributed by atoms with van der Waals surface area (Å²) in [6.45, 7) is 5.79. The topological polar surface area (TPSA) is 413 Å². The van der Waals surface area contributed by atoms with E-state index in [9.17, 15) is 57.9 Å². The van der Waals surface area contributed by atoms with Crippen molar-refractivity contribution < 1.29 is 62.4 Å². The Hall–Kier alpha value is -6.92. The molecule has 99 heavy (non-hydrogen) atoms. The molecule has 1 spiro atoms. The molecule has 39 heteroatoms. The van der Waals surface area contributed by atoms with E-state index in [0.29, 0.717) is 50.5 Å². The Bertz CT molecular complexity index is 4360. The second-order valence-corrected chi connectivity index (χ2v) is 27.2. The number of anilines is 3. The first-order valence-corrected chi connectivity index (χ1v) is 35.1. The van der Waals surface area contributed by atoms with E-state index in [-0.39, 0.29) is 115 Å². The number of H-pyrrole nitrogens is 2. The van der Waals surface area contributed by atoms with Crippen LogP contribution in [0, 0.1) is 11.1 Å². The number of esters is 3. The van der Waals surface area contributed by atoms with Gasteiger partial charge in [0, 0.05) is 46.2 Å². The maximum absolute atomic E-state index is 13.2. The van der Waals surface area contributed by atoms with Crippen molar-refractivity contribution in [1.82, 2.24) is 39.8 Å². The Balaban J connectivity index is 0.000000220. The van der Waals surface area contributed by atoms with Crippen LogP contribution in [-0.4, -0.2) is 107 Å². The SMILES string of the molecule is CCOC(=O)c1[nH]c(=O)c(Br)cc1Cl.CCOC(=O)c1c(Cl)cc(Br)c[n+]1[O-].CCOC(=O)c1ncc(Br)cc1Cl.NC(=O)c1[nH]c(=O)c(Br)cc1Cl.O=C(O)c1ncc(Br)cc1Cl.O=C1CCCC1.O=C1NC2(CCCC2)n2c1c(Cl)cc(Nc1cc(NC(=O)C3CC3)ncn1)c2=O. The zero-order valence-electron chi connectivity index (χ0n) is 51.6. The lowest BCUT2D eigenvalue weighted by molar-refractivity contribution is -0.609. The van der Waals surface area contributed by atoms with Gasteiger partial charge in [0.15, 0.2) is 17.6 Å². The quantitative estimate of drug-likeness (QED) is 0.0258. The predicted molar refractivity (Wildman–Crippen MR) is 385 cm³/mol. The van der Waals surface area contributed by atoms with Crippen LogP contribution in [0.4, 0.5) is 17.3 Å². The molecule has 0 aromatic carbocycles. The van der Waals surface area contributed by atoms with E-state index in [1.807, 2.05) is 0 Å². The lowest BCUT2D eigenvalue weighted by atomic mass is 10.1. The van der Waals surface area contributed by atoms with Gasteiger partial charge in [0.25, 0.3) is 28.5 Å². The highest BCUT2D eigenvalue weighted by atomic mass is 79.9. The Morgan fingerprint density at radius 2 is 1.15 bits per heavy atom. The zero-order valence-corrected chi connectivity index (χ0v) is 64.1. The molecule has 0 radical (unpaired) electrons. The average Bonchev–Trinajstić information content (AvgIpc) is 1.58. The molecule has 7 aromatic heterocycles. The number of carboxylic acid groups (broad SMARTS) is 1. The minimum Gasteiger partial charge on any atom is -0.618 e. The lowest BCUT2D eigenvalue weighted by Gasteiger charge is -2.26. The first kappa shape index (κ1) is 82.7. The summed E-state index contributed by atoms with van der Waals surface area (Å²) in [6.07, 6.45) is 14.4. The summed E-state index contributed by atoms with van der Waals surface area (Å²) < 4.78 is 18.4. The van der Waals surface area contributed by atoms with Crippen molar-refractivity contribution in [3.8, 4) is 0 Å². The number of fused-ring (bicyclic) bond motifs is 2. The van der Waals surface area contributed by atoms with E-state index in [0.717, 1.165) is 55.8 Å². The molecule has 4 aliphatic rings. The number of nitrogens with zero attached hydrogens (tertiary/aromatic N) is 6. The highest BCUT2D eigenvalue weighted by Gasteiger charge is 2.47. The fourth-order valence-electron chi connectivity index (χ4n) is 8.63. The number of amides is 3. The van der Waals surface area contributed by atoms with Gasteiger partial charge in [-0.15, -0.1) is 0 Å². The van der Waals surface area contributed by atoms with Crippen LogP contribution in [0.2, 0.25) is 30.1 Å².